The first-order valence-corrected chi connectivity index (χ1v) is 32.8. The fourth-order valence-electron chi connectivity index (χ4n) is 10.3. The molecule has 0 radical (unpaired) electrons. The summed E-state index contributed by atoms with van der Waals surface area (Å²) in [4.78, 5) is 26.6. The molecule has 1 amide bonds. The van der Waals surface area contributed by atoms with E-state index < -0.39 is 67.4 Å². The van der Waals surface area contributed by atoms with Gasteiger partial charge in [-0.3, -0.25) is 9.59 Å². The van der Waals surface area contributed by atoms with E-state index >= 15 is 0 Å². The van der Waals surface area contributed by atoms with Gasteiger partial charge in [0.1, 0.15) is 24.4 Å². The third-order valence-corrected chi connectivity index (χ3v) is 15.5. The van der Waals surface area contributed by atoms with Crippen LogP contribution in [-0.4, -0.2) is 99.6 Å². The van der Waals surface area contributed by atoms with Crippen molar-refractivity contribution in [1.29, 1.82) is 0 Å². The van der Waals surface area contributed by atoms with Crippen molar-refractivity contribution in [1.82, 2.24) is 5.32 Å². The Morgan fingerprint density at radius 1 is 0.494 bits per heavy atom. The zero-order valence-corrected chi connectivity index (χ0v) is 50.1. The number of unbranched alkanes of at least 4 members (excludes halogenated alkanes) is 38. The lowest BCUT2D eigenvalue weighted by Gasteiger charge is -2.41. The molecule has 77 heavy (non-hydrogen) atoms. The Balaban J connectivity index is 2.65. The molecule has 1 aliphatic rings. The van der Waals surface area contributed by atoms with Gasteiger partial charge in [0, 0.05) is 6.42 Å². The highest BCUT2D eigenvalue weighted by atomic mass is 16.7. The molecule has 11 nitrogen and oxygen atoms in total. The number of nitrogens with one attached hydrogen (secondary N) is 1. The molecule has 0 aliphatic carbocycles. The number of amides is 1. The van der Waals surface area contributed by atoms with E-state index in [-0.39, 0.29) is 13.0 Å². The standard InChI is InChI=1S/C66H123NO10/c1-4-7-10-13-16-19-22-25-27-28-29-30-31-33-35-38-41-44-47-50-53-59(70)65(74)67-57(58(69)52-49-46-43-40-37-34-24-21-18-15-12-9-6-3)56-75-66-64(63(73)62(72)60(55-68)76-66)77-61(71)54-51-48-45-42-39-36-32-26-23-20-17-14-11-8-5-2/h20,23,25,27,49,52,57-60,62-64,66,68-70,72-73H,4-19,21-22,24,26,28-48,50-51,53-56H2,1-3H3,(H,67,74)/b23-20-,27-25+,52-49+. The molecule has 0 aromatic rings. The molecule has 6 N–H and O–H groups in total. The Labute approximate surface area is 473 Å². The molecule has 11 heteroatoms. The Bertz CT molecular complexity index is 1390. The molecular formula is C66H123NO10. The summed E-state index contributed by atoms with van der Waals surface area (Å²) in [5, 5.41) is 57.1. The van der Waals surface area contributed by atoms with Crippen LogP contribution in [0.15, 0.2) is 36.5 Å². The Morgan fingerprint density at radius 3 is 1.27 bits per heavy atom. The minimum Gasteiger partial charge on any atom is -0.454 e. The smallest absolute Gasteiger partial charge is 0.306 e. The number of ether oxygens (including phenoxy) is 3. The van der Waals surface area contributed by atoms with E-state index in [0.717, 1.165) is 70.6 Å². The number of carbonyl (C=O) groups excluding carboxylic acids is 2. The molecular weight excluding hydrogens is 967 g/mol. The molecule has 0 aromatic carbocycles. The Kier molecular flexibility index (Phi) is 51.6. The molecule has 452 valence electrons. The van der Waals surface area contributed by atoms with Crippen molar-refractivity contribution >= 4 is 11.9 Å². The molecule has 8 unspecified atom stereocenters. The van der Waals surface area contributed by atoms with Crippen molar-refractivity contribution in [2.75, 3.05) is 13.2 Å². The maximum absolute atomic E-state index is 13.4. The highest BCUT2D eigenvalue weighted by Crippen LogP contribution is 2.26. The van der Waals surface area contributed by atoms with E-state index in [2.05, 4.69) is 50.4 Å². The van der Waals surface area contributed by atoms with Gasteiger partial charge < -0.3 is 45.1 Å². The third-order valence-electron chi connectivity index (χ3n) is 15.5. The SMILES string of the molecule is CCCCCC/C=C\CCCCCCCCCC(=O)OC1C(OCC(NC(=O)C(O)CCCCCCCCCCCC/C=C/CCCCCCCC)C(O)/C=C/CCCCCCCCCCCCC)OC(CO)C(O)C1O. The minimum atomic E-state index is -1.61. The lowest BCUT2D eigenvalue weighted by molar-refractivity contribution is -0.305. The van der Waals surface area contributed by atoms with Crippen LogP contribution in [0.1, 0.15) is 310 Å². The third kappa shape index (κ3) is 42.4. The minimum absolute atomic E-state index is 0.121. The van der Waals surface area contributed by atoms with Crippen LogP contribution in [0.25, 0.3) is 0 Å². The van der Waals surface area contributed by atoms with Crippen LogP contribution in [0.5, 0.6) is 0 Å². The highest BCUT2D eigenvalue weighted by molar-refractivity contribution is 5.80. The molecule has 0 aromatic heterocycles. The van der Waals surface area contributed by atoms with Crippen LogP contribution in [0.4, 0.5) is 0 Å². The van der Waals surface area contributed by atoms with Gasteiger partial charge in [-0.1, -0.05) is 263 Å². The zero-order chi connectivity index (χ0) is 56.1. The average Bonchev–Trinajstić information content (AvgIpc) is 3.43. The summed E-state index contributed by atoms with van der Waals surface area (Å²) in [6.45, 7) is 5.80. The molecule has 1 heterocycles. The van der Waals surface area contributed by atoms with Crippen LogP contribution in [-0.2, 0) is 23.8 Å². The number of carbonyl (C=O) groups is 2. The van der Waals surface area contributed by atoms with Gasteiger partial charge >= 0.3 is 5.97 Å². The van der Waals surface area contributed by atoms with E-state index in [4.69, 9.17) is 14.2 Å². The fraction of sp³-hybridized carbons (Fsp3) is 0.879. The first-order valence-electron chi connectivity index (χ1n) is 32.8. The largest absolute Gasteiger partial charge is 0.454 e. The van der Waals surface area contributed by atoms with Gasteiger partial charge in [0.25, 0.3) is 0 Å². The second-order valence-electron chi connectivity index (χ2n) is 22.8. The predicted octanol–water partition coefficient (Wildman–Crippen LogP) is 15.8. The molecule has 1 saturated heterocycles. The Morgan fingerprint density at radius 2 is 0.857 bits per heavy atom. The van der Waals surface area contributed by atoms with E-state index in [1.165, 1.54) is 193 Å². The Hall–Kier alpha value is -2.12. The second kappa shape index (κ2) is 54.5. The number of allylic oxidation sites excluding steroid dienone is 5. The van der Waals surface area contributed by atoms with Crippen molar-refractivity contribution in [3.05, 3.63) is 36.5 Å². The van der Waals surface area contributed by atoms with Gasteiger partial charge in [-0.25, -0.2) is 0 Å². The summed E-state index contributed by atoms with van der Waals surface area (Å²) in [6, 6.07) is -1.02. The highest BCUT2D eigenvalue weighted by Gasteiger charge is 2.47. The van der Waals surface area contributed by atoms with Crippen molar-refractivity contribution in [2.24, 2.45) is 0 Å². The maximum Gasteiger partial charge on any atom is 0.306 e. The van der Waals surface area contributed by atoms with E-state index in [1.807, 2.05) is 6.08 Å². The number of aliphatic hydroxyl groups excluding tert-OH is 5. The normalized spacial score (nSPS) is 19.2. The van der Waals surface area contributed by atoms with Gasteiger partial charge in [0.2, 0.25) is 5.91 Å². The van der Waals surface area contributed by atoms with Crippen molar-refractivity contribution in [2.45, 2.75) is 359 Å². The molecule has 1 aliphatic heterocycles. The number of hydrogen-bond donors (Lipinski definition) is 6. The molecule has 1 rings (SSSR count). The fourth-order valence-corrected chi connectivity index (χ4v) is 10.3. The molecule has 0 saturated carbocycles. The van der Waals surface area contributed by atoms with E-state index in [1.54, 1.807) is 6.08 Å². The average molecular weight is 1090 g/mol. The van der Waals surface area contributed by atoms with Gasteiger partial charge in [-0.2, -0.15) is 0 Å². The zero-order valence-electron chi connectivity index (χ0n) is 50.1. The van der Waals surface area contributed by atoms with Gasteiger partial charge in [-0.05, 0) is 77.0 Å². The van der Waals surface area contributed by atoms with Gasteiger partial charge in [0.05, 0.1) is 25.4 Å². The number of aliphatic hydroxyl groups is 5. The molecule has 1 fully saturated rings. The van der Waals surface area contributed by atoms with Crippen LogP contribution in [0.2, 0.25) is 0 Å². The number of hydrogen-bond acceptors (Lipinski definition) is 10. The van der Waals surface area contributed by atoms with Crippen LogP contribution in [0.3, 0.4) is 0 Å². The van der Waals surface area contributed by atoms with Crippen LogP contribution >= 0.6 is 0 Å². The van der Waals surface area contributed by atoms with Crippen molar-refractivity contribution in [3.63, 3.8) is 0 Å². The van der Waals surface area contributed by atoms with Crippen molar-refractivity contribution in [3.8, 4) is 0 Å². The quantitative estimate of drug-likeness (QED) is 0.0195. The topological polar surface area (TPSA) is 175 Å². The molecule has 8 atom stereocenters. The summed E-state index contributed by atoms with van der Waals surface area (Å²) in [6.07, 6.45) is 54.6. The first kappa shape index (κ1) is 72.9. The summed E-state index contributed by atoms with van der Waals surface area (Å²) >= 11 is 0. The first-order chi connectivity index (χ1) is 37.7. The monoisotopic (exact) mass is 1090 g/mol. The number of esters is 1. The summed E-state index contributed by atoms with van der Waals surface area (Å²) < 4.78 is 17.6. The van der Waals surface area contributed by atoms with Crippen molar-refractivity contribution < 1.29 is 49.3 Å². The van der Waals surface area contributed by atoms with Crippen LogP contribution < -0.4 is 5.32 Å². The van der Waals surface area contributed by atoms with Crippen LogP contribution in [0, 0.1) is 0 Å². The lowest BCUT2D eigenvalue weighted by atomic mass is 9.99. The lowest BCUT2D eigenvalue weighted by Crippen LogP contribution is -2.61. The maximum atomic E-state index is 13.4. The summed E-state index contributed by atoms with van der Waals surface area (Å²) in [7, 11) is 0. The summed E-state index contributed by atoms with van der Waals surface area (Å²) in [5.74, 6) is -1.19. The van der Waals surface area contributed by atoms with E-state index in [0.29, 0.717) is 19.3 Å². The van der Waals surface area contributed by atoms with E-state index in [9.17, 15) is 35.1 Å². The van der Waals surface area contributed by atoms with Gasteiger partial charge in [-0.15, -0.1) is 0 Å². The molecule has 0 spiro atoms. The molecule has 0 bridgehead atoms. The van der Waals surface area contributed by atoms with Gasteiger partial charge in [0.15, 0.2) is 12.4 Å². The number of rotatable bonds is 56. The second-order valence-corrected chi connectivity index (χ2v) is 22.8. The summed E-state index contributed by atoms with van der Waals surface area (Å²) in [5.41, 5.74) is 0. The predicted molar refractivity (Wildman–Crippen MR) is 320 cm³/mol.